The molecule has 4 rings (SSSR count). The number of carbonyl (C=O) groups excluding carboxylic acids is 2. The molecule has 1 heterocycles. The highest BCUT2D eigenvalue weighted by Crippen LogP contribution is 2.60. The van der Waals surface area contributed by atoms with E-state index in [1.807, 2.05) is 37.5 Å². The number of likely N-dealkylation sites (tertiary alicyclic amines) is 1. The lowest BCUT2D eigenvalue weighted by molar-refractivity contribution is -0.131. The van der Waals surface area contributed by atoms with Crippen molar-refractivity contribution in [2.75, 3.05) is 59.2 Å². The molecule has 2 atom stereocenters. The monoisotopic (exact) mass is 629 g/mol. The standard InChI is InChI=1S/C34H52N3O6P/c1-5-36(6-2)32(38)17-11-13-21-41-44(40,42-22-14-12-18-33(39)37(7-3)8-4)43-27-35-25-31-24-34(31,26-35)30-20-19-28-15-9-10-16-29(28)23-30/h9-10,15-16,19-20,23,31H,5-8,11-14,17-18,21-22,24-27H2,1-4H3/t31-,34+/m1/s1. The Hall–Kier alpha value is -2.29. The van der Waals surface area contributed by atoms with Crippen molar-refractivity contribution in [1.29, 1.82) is 0 Å². The smallest absolute Gasteiger partial charge is 0.343 e. The third-order valence-corrected chi connectivity index (χ3v) is 10.7. The summed E-state index contributed by atoms with van der Waals surface area (Å²) in [5.74, 6) is 0.802. The minimum Gasteiger partial charge on any atom is -0.343 e. The lowest BCUT2D eigenvalue weighted by Gasteiger charge is -2.24. The summed E-state index contributed by atoms with van der Waals surface area (Å²) >= 11 is 0. The molecule has 0 unspecified atom stereocenters. The van der Waals surface area contributed by atoms with Crippen molar-refractivity contribution in [2.45, 2.75) is 78.1 Å². The number of hydrogen-bond acceptors (Lipinski definition) is 7. The SMILES string of the molecule is CCN(CC)C(=O)CCCCOP(=O)(OCCCCC(=O)N(CC)CC)OCN1C[C@H]2C[C@@]2(c2ccc3ccccc3c2)C1. The summed E-state index contributed by atoms with van der Waals surface area (Å²) in [4.78, 5) is 30.5. The van der Waals surface area contributed by atoms with Crippen LogP contribution in [-0.2, 0) is 33.1 Å². The summed E-state index contributed by atoms with van der Waals surface area (Å²) in [6.45, 7) is 13.0. The summed E-state index contributed by atoms with van der Waals surface area (Å²) in [5, 5.41) is 2.50. The summed E-state index contributed by atoms with van der Waals surface area (Å²) in [7, 11) is -3.82. The van der Waals surface area contributed by atoms with Crippen LogP contribution in [0.5, 0.6) is 0 Å². The molecule has 1 aliphatic carbocycles. The highest BCUT2D eigenvalue weighted by Gasteiger charge is 2.60. The third kappa shape index (κ3) is 8.91. The highest BCUT2D eigenvalue weighted by molar-refractivity contribution is 7.48. The van der Waals surface area contributed by atoms with Gasteiger partial charge >= 0.3 is 7.82 Å². The fourth-order valence-electron chi connectivity index (χ4n) is 6.47. The largest absolute Gasteiger partial charge is 0.476 e. The van der Waals surface area contributed by atoms with Crippen molar-refractivity contribution in [1.82, 2.24) is 14.7 Å². The van der Waals surface area contributed by atoms with Gasteiger partial charge in [0.1, 0.15) is 6.73 Å². The van der Waals surface area contributed by atoms with Crippen LogP contribution in [0.1, 0.15) is 78.2 Å². The Morgan fingerprint density at radius 2 is 1.39 bits per heavy atom. The van der Waals surface area contributed by atoms with Crippen LogP contribution in [0, 0.1) is 5.92 Å². The van der Waals surface area contributed by atoms with Gasteiger partial charge in [-0.3, -0.25) is 28.1 Å². The van der Waals surface area contributed by atoms with Gasteiger partial charge in [0, 0.05) is 57.5 Å². The third-order valence-electron chi connectivity index (χ3n) is 9.24. The fourth-order valence-corrected chi connectivity index (χ4v) is 7.71. The molecule has 10 heteroatoms. The van der Waals surface area contributed by atoms with Crippen molar-refractivity contribution in [3.05, 3.63) is 48.0 Å². The van der Waals surface area contributed by atoms with E-state index >= 15 is 0 Å². The van der Waals surface area contributed by atoms with Crippen LogP contribution < -0.4 is 0 Å². The zero-order valence-corrected chi connectivity index (χ0v) is 28.1. The van der Waals surface area contributed by atoms with E-state index in [0.717, 1.165) is 19.5 Å². The van der Waals surface area contributed by atoms with E-state index in [1.165, 1.54) is 16.3 Å². The predicted molar refractivity (Wildman–Crippen MR) is 174 cm³/mol. The molecule has 44 heavy (non-hydrogen) atoms. The number of unbranched alkanes of at least 4 members (excludes halogenated alkanes) is 2. The van der Waals surface area contributed by atoms with Gasteiger partial charge < -0.3 is 9.80 Å². The van der Waals surface area contributed by atoms with Gasteiger partial charge in [0.15, 0.2) is 0 Å². The van der Waals surface area contributed by atoms with Gasteiger partial charge in [-0.1, -0.05) is 42.5 Å². The minimum atomic E-state index is -3.82. The molecule has 2 fully saturated rings. The van der Waals surface area contributed by atoms with E-state index in [0.29, 0.717) is 70.6 Å². The summed E-state index contributed by atoms with van der Waals surface area (Å²) in [5.41, 5.74) is 1.48. The average molecular weight is 630 g/mol. The number of carbonyl (C=O) groups is 2. The van der Waals surface area contributed by atoms with Crippen LogP contribution in [0.3, 0.4) is 0 Å². The van der Waals surface area contributed by atoms with Crippen LogP contribution >= 0.6 is 7.82 Å². The summed E-state index contributed by atoms with van der Waals surface area (Å²) < 4.78 is 31.2. The van der Waals surface area contributed by atoms with Crippen LogP contribution in [-0.4, -0.2) is 85.7 Å². The Morgan fingerprint density at radius 3 is 1.95 bits per heavy atom. The van der Waals surface area contributed by atoms with Crippen molar-refractivity contribution in [3.63, 3.8) is 0 Å². The first-order valence-electron chi connectivity index (χ1n) is 16.6. The molecule has 0 spiro atoms. The second kappa shape index (κ2) is 16.3. The Morgan fingerprint density at radius 1 is 0.818 bits per heavy atom. The number of benzene rings is 2. The number of fused-ring (bicyclic) bond motifs is 2. The molecule has 244 valence electrons. The topological polar surface area (TPSA) is 88.6 Å². The second-order valence-electron chi connectivity index (χ2n) is 12.0. The van der Waals surface area contributed by atoms with Gasteiger partial charge in [0.25, 0.3) is 0 Å². The number of rotatable bonds is 20. The van der Waals surface area contributed by atoms with E-state index in [-0.39, 0.29) is 37.2 Å². The van der Waals surface area contributed by atoms with E-state index in [9.17, 15) is 14.2 Å². The molecule has 1 aliphatic heterocycles. The predicted octanol–water partition coefficient (Wildman–Crippen LogP) is 6.61. The fraction of sp³-hybridized carbons (Fsp3) is 0.647. The van der Waals surface area contributed by atoms with E-state index in [4.69, 9.17) is 13.6 Å². The number of piperidine rings is 1. The molecule has 0 bridgehead atoms. The van der Waals surface area contributed by atoms with Gasteiger partial charge in [0.05, 0.1) is 13.2 Å². The molecular weight excluding hydrogens is 577 g/mol. The van der Waals surface area contributed by atoms with Crippen molar-refractivity contribution in [2.24, 2.45) is 5.92 Å². The number of nitrogens with zero attached hydrogens (tertiary/aromatic N) is 3. The Labute approximate surface area is 263 Å². The lowest BCUT2D eigenvalue weighted by Crippen LogP contribution is -2.30. The Kier molecular flexibility index (Phi) is 12.8. The molecule has 2 aromatic carbocycles. The number of amides is 2. The van der Waals surface area contributed by atoms with E-state index < -0.39 is 7.82 Å². The molecule has 1 saturated heterocycles. The Balaban J connectivity index is 1.28. The first-order valence-corrected chi connectivity index (χ1v) is 18.0. The summed E-state index contributed by atoms with van der Waals surface area (Å²) in [6, 6.07) is 15.2. The zero-order valence-electron chi connectivity index (χ0n) is 27.2. The van der Waals surface area contributed by atoms with Crippen molar-refractivity contribution >= 4 is 30.4 Å². The normalized spacial score (nSPS) is 19.7. The van der Waals surface area contributed by atoms with Crippen molar-refractivity contribution in [3.8, 4) is 0 Å². The molecular formula is C34H52N3O6P. The molecule has 0 aromatic heterocycles. The van der Waals surface area contributed by atoms with Crippen LogP contribution in [0.25, 0.3) is 10.8 Å². The maximum atomic E-state index is 13.7. The van der Waals surface area contributed by atoms with Gasteiger partial charge in [-0.05, 0) is 82.1 Å². The van der Waals surface area contributed by atoms with E-state index in [1.54, 1.807) is 0 Å². The Bertz CT molecular complexity index is 1240. The maximum Gasteiger partial charge on any atom is 0.476 e. The highest BCUT2D eigenvalue weighted by atomic mass is 31.2. The van der Waals surface area contributed by atoms with Gasteiger partial charge in [-0.25, -0.2) is 4.57 Å². The van der Waals surface area contributed by atoms with E-state index in [2.05, 4.69) is 47.4 Å². The average Bonchev–Trinajstić information content (AvgIpc) is 3.61. The molecule has 0 N–H and O–H groups in total. The molecule has 2 amide bonds. The molecule has 2 aromatic rings. The first kappa shape index (κ1) is 34.6. The van der Waals surface area contributed by atoms with Gasteiger partial charge in [0.2, 0.25) is 11.8 Å². The number of phosphoric acid groups is 1. The maximum absolute atomic E-state index is 13.7. The summed E-state index contributed by atoms with van der Waals surface area (Å²) in [6.07, 6.45) is 4.48. The van der Waals surface area contributed by atoms with Crippen LogP contribution in [0.15, 0.2) is 42.5 Å². The van der Waals surface area contributed by atoms with Crippen LogP contribution in [0.4, 0.5) is 0 Å². The lowest BCUT2D eigenvalue weighted by atomic mass is 9.93. The molecule has 1 saturated carbocycles. The van der Waals surface area contributed by atoms with Gasteiger partial charge in [-0.15, -0.1) is 0 Å². The van der Waals surface area contributed by atoms with Gasteiger partial charge in [-0.2, -0.15) is 0 Å². The number of hydrogen-bond donors (Lipinski definition) is 0. The zero-order chi connectivity index (χ0) is 31.6. The minimum absolute atomic E-state index is 0.119. The van der Waals surface area contributed by atoms with Crippen molar-refractivity contribution < 1.29 is 27.7 Å². The first-order chi connectivity index (χ1) is 21.3. The molecule has 2 aliphatic rings. The molecule has 0 radical (unpaired) electrons. The quantitative estimate of drug-likeness (QED) is 0.120. The molecule has 9 nitrogen and oxygen atoms in total. The number of phosphoric ester groups is 1. The second-order valence-corrected chi connectivity index (χ2v) is 13.7. The van der Waals surface area contributed by atoms with Crippen LogP contribution in [0.2, 0.25) is 0 Å².